The summed E-state index contributed by atoms with van der Waals surface area (Å²) in [6, 6.07) is 0.186. The minimum atomic E-state index is -0.232. The molecule has 0 aromatic rings. The lowest BCUT2D eigenvalue weighted by Gasteiger charge is -2.33. The second-order valence-corrected chi connectivity index (χ2v) is 5.84. The monoisotopic (exact) mass is 302 g/mol. The molecule has 2 aliphatic heterocycles. The molecule has 0 aromatic heterocycles. The normalized spacial score (nSPS) is 23.9. The number of hydrogen-bond acceptors (Lipinski definition) is 3. The van der Waals surface area contributed by atoms with Crippen LogP contribution in [0.5, 0.6) is 0 Å². The van der Waals surface area contributed by atoms with Crippen LogP contribution in [0.1, 0.15) is 38.5 Å². The van der Waals surface area contributed by atoms with Gasteiger partial charge in [-0.05, 0) is 32.1 Å². The number of alkyl halides is 1. The molecule has 0 spiro atoms. The van der Waals surface area contributed by atoms with Crippen LogP contribution in [0.2, 0.25) is 0 Å². The van der Waals surface area contributed by atoms with Crippen molar-refractivity contribution in [2.24, 2.45) is 0 Å². The summed E-state index contributed by atoms with van der Waals surface area (Å²) in [7, 11) is 0. The second kappa shape index (κ2) is 7.84. The molecule has 1 unspecified atom stereocenters. The summed E-state index contributed by atoms with van der Waals surface area (Å²) < 4.78 is 5.43. The Bertz CT molecular complexity index is 337. The van der Waals surface area contributed by atoms with Crippen molar-refractivity contribution in [1.82, 2.24) is 10.2 Å². The number of nitrogens with zero attached hydrogens (tertiary/aromatic N) is 1. The number of carbonyl (C=O) groups excluding carboxylic acids is 2. The summed E-state index contributed by atoms with van der Waals surface area (Å²) in [5, 5.41) is 3.02. The molecule has 0 aromatic carbocycles. The number of likely N-dealkylation sites (tertiary alicyclic amines) is 1. The van der Waals surface area contributed by atoms with Gasteiger partial charge in [-0.1, -0.05) is 0 Å². The second-order valence-electron chi connectivity index (χ2n) is 5.46. The molecule has 0 aliphatic carbocycles. The highest BCUT2D eigenvalue weighted by atomic mass is 35.5. The molecular formula is C14H23ClN2O3. The van der Waals surface area contributed by atoms with Crippen molar-refractivity contribution < 1.29 is 14.3 Å². The van der Waals surface area contributed by atoms with Gasteiger partial charge in [0.15, 0.2) is 0 Å². The first-order valence-electron chi connectivity index (χ1n) is 7.46. The van der Waals surface area contributed by atoms with Gasteiger partial charge in [-0.2, -0.15) is 0 Å². The molecule has 0 bridgehead atoms. The molecule has 2 aliphatic rings. The number of rotatable bonds is 5. The van der Waals surface area contributed by atoms with Gasteiger partial charge in [0.05, 0.1) is 0 Å². The minimum Gasteiger partial charge on any atom is -0.368 e. The molecule has 20 heavy (non-hydrogen) atoms. The largest absolute Gasteiger partial charge is 0.368 e. The standard InChI is InChI=1S/C14H23ClN2O3/c15-7-1-4-13(18)16-11-5-8-17(9-6-11)14(19)12-3-2-10-20-12/h11-12H,1-10H2,(H,16,18). The Morgan fingerprint density at radius 1 is 1.25 bits per heavy atom. The van der Waals surface area contributed by atoms with Crippen molar-refractivity contribution in [2.75, 3.05) is 25.6 Å². The van der Waals surface area contributed by atoms with E-state index in [1.54, 1.807) is 0 Å². The Kier molecular flexibility index (Phi) is 6.10. The van der Waals surface area contributed by atoms with Crippen molar-refractivity contribution in [3.05, 3.63) is 0 Å². The van der Waals surface area contributed by atoms with Crippen LogP contribution >= 0.6 is 11.6 Å². The van der Waals surface area contributed by atoms with Crippen LogP contribution in [0.15, 0.2) is 0 Å². The fourth-order valence-electron chi connectivity index (χ4n) is 2.75. The molecule has 5 nitrogen and oxygen atoms in total. The maximum absolute atomic E-state index is 12.2. The van der Waals surface area contributed by atoms with E-state index in [0.717, 1.165) is 25.7 Å². The predicted octanol–water partition coefficient (Wildman–Crippen LogP) is 1.29. The molecule has 2 amide bonds. The van der Waals surface area contributed by atoms with Crippen molar-refractivity contribution in [2.45, 2.75) is 50.7 Å². The van der Waals surface area contributed by atoms with E-state index in [0.29, 0.717) is 38.4 Å². The van der Waals surface area contributed by atoms with Gasteiger partial charge in [-0.3, -0.25) is 9.59 Å². The quantitative estimate of drug-likeness (QED) is 0.779. The van der Waals surface area contributed by atoms with E-state index >= 15 is 0 Å². The molecule has 114 valence electrons. The molecule has 2 fully saturated rings. The Morgan fingerprint density at radius 3 is 2.60 bits per heavy atom. The molecule has 2 heterocycles. The highest BCUT2D eigenvalue weighted by Crippen LogP contribution is 2.18. The topological polar surface area (TPSA) is 58.6 Å². The molecule has 0 saturated carbocycles. The summed E-state index contributed by atoms with van der Waals surface area (Å²) >= 11 is 5.57. The Balaban J connectivity index is 1.69. The SMILES string of the molecule is O=C(CCCCl)NC1CCN(C(=O)C2CCCO2)CC1. The number of piperidine rings is 1. The van der Waals surface area contributed by atoms with Gasteiger partial charge in [-0.25, -0.2) is 0 Å². The number of ether oxygens (including phenoxy) is 1. The van der Waals surface area contributed by atoms with E-state index in [2.05, 4.69) is 5.32 Å². The Morgan fingerprint density at radius 2 is 2.00 bits per heavy atom. The average Bonchev–Trinajstić information content (AvgIpc) is 2.99. The predicted molar refractivity (Wildman–Crippen MR) is 76.7 cm³/mol. The van der Waals surface area contributed by atoms with Gasteiger partial charge >= 0.3 is 0 Å². The van der Waals surface area contributed by atoms with E-state index < -0.39 is 0 Å². The Hall–Kier alpha value is -0.810. The fourth-order valence-corrected chi connectivity index (χ4v) is 2.88. The average molecular weight is 303 g/mol. The summed E-state index contributed by atoms with van der Waals surface area (Å²) in [6.45, 7) is 2.11. The molecule has 2 saturated heterocycles. The van der Waals surface area contributed by atoms with Crippen LogP contribution in [0.3, 0.4) is 0 Å². The van der Waals surface area contributed by atoms with E-state index in [-0.39, 0.29) is 24.0 Å². The number of nitrogens with one attached hydrogen (secondary N) is 1. The minimum absolute atomic E-state index is 0.0644. The van der Waals surface area contributed by atoms with Crippen LogP contribution in [-0.4, -0.2) is 54.4 Å². The van der Waals surface area contributed by atoms with Crippen LogP contribution in [0.4, 0.5) is 0 Å². The lowest BCUT2D eigenvalue weighted by atomic mass is 10.0. The van der Waals surface area contributed by atoms with Gasteiger partial charge < -0.3 is 15.0 Å². The van der Waals surface area contributed by atoms with E-state index in [4.69, 9.17) is 16.3 Å². The first-order chi connectivity index (χ1) is 9.70. The van der Waals surface area contributed by atoms with Gasteiger partial charge in [0.25, 0.3) is 5.91 Å². The zero-order valence-corrected chi connectivity index (χ0v) is 12.5. The highest BCUT2D eigenvalue weighted by molar-refractivity contribution is 6.17. The van der Waals surface area contributed by atoms with Crippen molar-refractivity contribution in [1.29, 1.82) is 0 Å². The highest BCUT2D eigenvalue weighted by Gasteiger charge is 2.31. The molecule has 6 heteroatoms. The lowest BCUT2D eigenvalue weighted by Crippen LogP contribution is -2.49. The fraction of sp³-hybridized carbons (Fsp3) is 0.857. The number of hydrogen-bond donors (Lipinski definition) is 1. The smallest absolute Gasteiger partial charge is 0.251 e. The number of halogens is 1. The van der Waals surface area contributed by atoms with Crippen LogP contribution in [0, 0.1) is 0 Å². The first kappa shape index (κ1) is 15.6. The van der Waals surface area contributed by atoms with Crippen LogP contribution in [-0.2, 0) is 14.3 Å². The third-order valence-corrected chi connectivity index (χ3v) is 4.18. The number of amides is 2. The number of carbonyl (C=O) groups is 2. The third kappa shape index (κ3) is 4.35. The molecule has 1 N–H and O–H groups in total. The molecule has 2 rings (SSSR count). The van der Waals surface area contributed by atoms with E-state index in [9.17, 15) is 9.59 Å². The van der Waals surface area contributed by atoms with Crippen LogP contribution < -0.4 is 5.32 Å². The van der Waals surface area contributed by atoms with Gasteiger partial charge in [0.2, 0.25) is 5.91 Å². The maximum Gasteiger partial charge on any atom is 0.251 e. The van der Waals surface area contributed by atoms with Crippen molar-refractivity contribution in [3.63, 3.8) is 0 Å². The summed E-state index contributed by atoms with van der Waals surface area (Å²) in [4.78, 5) is 25.7. The Labute approximate surface area is 125 Å². The van der Waals surface area contributed by atoms with Gasteiger partial charge in [0.1, 0.15) is 6.10 Å². The van der Waals surface area contributed by atoms with Crippen LogP contribution in [0.25, 0.3) is 0 Å². The van der Waals surface area contributed by atoms with Gasteiger partial charge in [0, 0.05) is 38.0 Å². The summed E-state index contributed by atoms with van der Waals surface area (Å²) in [6.07, 6.45) is 4.43. The summed E-state index contributed by atoms with van der Waals surface area (Å²) in [5.41, 5.74) is 0. The lowest BCUT2D eigenvalue weighted by molar-refractivity contribution is -0.142. The molecule has 1 atom stereocenters. The maximum atomic E-state index is 12.2. The first-order valence-corrected chi connectivity index (χ1v) is 8.00. The zero-order chi connectivity index (χ0) is 14.4. The van der Waals surface area contributed by atoms with E-state index in [1.165, 1.54) is 0 Å². The van der Waals surface area contributed by atoms with Crippen molar-refractivity contribution >= 4 is 23.4 Å². The zero-order valence-electron chi connectivity index (χ0n) is 11.8. The van der Waals surface area contributed by atoms with Crippen molar-refractivity contribution in [3.8, 4) is 0 Å². The molecule has 0 radical (unpaired) electrons. The summed E-state index contributed by atoms with van der Waals surface area (Å²) in [5.74, 6) is 0.700. The van der Waals surface area contributed by atoms with E-state index in [1.807, 2.05) is 4.90 Å². The third-order valence-electron chi connectivity index (χ3n) is 3.91. The van der Waals surface area contributed by atoms with Gasteiger partial charge in [-0.15, -0.1) is 11.6 Å². The molecular weight excluding hydrogens is 280 g/mol.